The molecule has 0 aromatic heterocycles. The highest BCUT2D eigenvalue weighted by Crippen LogP contribution is 2.37. The Bertz CT molecular complexity index is 1190. The first-order valence-corrected chi connectivity index (χ1v) is 12.1. The van der Waals surface area contributed by atoms with E-state index in [1.54, 1.807) is 0 Å². The Labute approximate surface area is 193 Å². The highest BCUT2D eigenvalue weighted by molar-refractivity contribution is 8.00. The fourth-order valence-corrected chi connectivity index (χ4v) is 5.54. The number of carbonyl (C=O) groups is 2. The largest absolute Gasteiger partial charge is 0.345 e. The summed E-state index contributed by atoms with van der Waals surface area (Å²) in [6.07, 6.45) is 3.08. The monoisotopic (exact) mass is 442 g/mol. The molecule has 1 unspecified atom stereocenters. The van der Waals surface area contributed by atoms with Gasteiger partial charge in [-0.15, -0.1) is 11.8 Å². The predicted molar refractivity (Wildman–Crippen MR) is 129 cm³/mol. The topological polar surface area (TPSA) is 49.4 Å². The molecule has 32 heavy (non-hydrogen) atoms. The van der Waals surface area contributed by atoms with Gasteiger partial charge < -0.3 is 10.2 Å². The molecule has 162 valence electrons. The van der Waals surface area contributed by atoms with Crippen molar-refractivity contribution in [3.8, 4) is 0 Å². The smallest absolute Gasteiger partial charge is 0.251 e. The van der Waals surface area contributed by atoms with Crippen molar-refractivity contribution < 1.29 is 9.59 Å². The molecule has 0 bridgehead atoms. The van der Waals surface area contributed by atoms with Crippen LogP contribution in [0.1, 0.15) is 51.5 Å². The predicted octanol–water partition coefficient (Wildman–Crippen LogP) is 5.44. The van der Waals surface area contributed by atoms with Gasteiger partial charge in [0.1, 0.15) is 0 Å². The summed E-state index contributed by atoms with van der Waals surface area (Å²) in [6.45, 7) is 2.57. The van der Waals surface area contributed by atoms with Gasteiger partial charge in [0, 0.05) is 10.5 Å². The summed E-state index contributed by atoms with van der Waals surface area (Å²) in [5, 5.41) is 3.23. The molecule has 0 saturated heterocycles. The Morgan fingerprint density at radius 3 is 2.78 bits per heavy atom. The van der Waals surface area contributed by atoms with Gasteiger partial charge in [0.2, 0.25) is 5.91 Å². The molecule has 0 fully saturated rings. The fraction of sp³-hybridized carbons (Fsp3) is 0.259. The lowest BCUT2D eigenvalue weighted by Crippen LogP contribution is -2.35. The summed E-state index contributed by atoms with van der Waals surface area (Å²) in [5.41, 5.74) is 6.23. The van der Waals surface area contributed by atoms with Crippen LogP contribution in [0.4, 0.5) is 5.69 Å². The number of thioether (sulfide) groups is 1. The first kappa shape index (κ1) is 20.8. The fourth-order valence-electron chi connectivity index (χ4n) is 4.62. The molecule has 1 heterocycles. The third-order valence-electron chi connectivity index (χ3n) is 6.43. The Morgan fingerprint density at radius 2 is 1.91 bits per heavy atom. The molecule has 4 nitrogen and oxygen atoms in total. The third-order valence-corrected chi connectivity index (χ3v) is 7.48. The third kappa shape index (κ3) is 4.05. The number of nitrogens with one attached hydrogen (secondary N) is 1. The van der Waals surface area contributed by atoms with Gasteiger partial charge in [0.15, 0.2) is 0 Å². The summed E-state index contributed by atoms with van der Waals surface area (Å²) >= 11 is 1.54. The van der Waals surface area contributed by atoms with Gasteiger partial charge in [-0.1, -0.05) is 48.5 Å². The molecule has 3 aromatic rings. The van der Waals surface area contributed by atoms with Crippen molar-refractivity contribution in [2.75, 3.05) is 10.7 Å². The summed E-state index contributed by atoms with van der Waals surface area (Å²) < 4.78 is 0. The Morgan fingerprint density at radius 1 is 1.09 bits per heavy atom. The van der Waals surface area contributed by atoms with Crippen molar-refractivity contribution in [1.29, 1.82) is 0 Å². The van der Waals surface area contributed by atoms with Crippen molar-refractivity contribution in [2.45, 2.75) is 43.7 Å². The SMILES string of the molecule is Cc1ccccc1CN1C(=O)CSc2ccc(C(=O)NC3CCCc4ccccc43)cc21. The van der Waals surface area contributed by atoms with Crippen LogP contribution >= 0.6 is 11.8 Å². The Hall–Kier alpha value is -3.05. The standard InChI is InChI=1S/C27H26N2O2S/c1-18-7-2-3-9-21(18)16-29-24-15-20(13-14-25(24)32-17-26(29)30)27(31)28-23-12-6-10-19-8-4-5-11-22(19)23/h2-5,7-9,11,13-15,23H,6,10,12,16-17H2,1H3,(H,28,31). The second kappa shape index (κ2) is 8.83. The lowest BCUT2D eigenvalue weighted by Gasteiger charge is -2.30. The van der Waals surface area contributed by atoms with Gasteiger partial charge in [0.05, 0.1) is 24.0 Å². The van der Waals surface area contributed by atoms with E-state index in [2.05, 4.69) is 42.6 Å². The number of benzene rings is 3. The van der Waals surface area contributed by atoms with E-state index in [0.29, 0.717) is 17.9 Å². The zero-order chi connectivity index (χ0) is 22.1. The van der Waals surface area contributed by atoms with Gasteiger partial charge >= 0.3 is 0 Å². The number of hydrogen-bond donors (Lipinski definition) is 1. The van der Waals surface area contributed by atoms with Crippen molar-refractivity contribution in [3.05, 3.63) is 94.5 Å². The van der Waals surface area contributed by atoms with Crippen LogP contribution in [-0.2, 0) is 17.8 Å². The van der Waals surface area contributed by atoms with E-state index in [0.717, 1.165) is 41.0 Å². The van der Waals surface area contributed by atoms with E-state index in [4.69, 9.17) is 0 Å². The van der Waals surface area contributed by atoms with Crippen molar-refractivity contribution in [1.82, 2.24) is 5.32 Å². The van der Waals surface area contributed by atoms with Crippen LogP contribution in [0.15, 0.2) is 71.6 Å². The molecule has 3 aromatic carbocycles. The highest BCUT2D eigenvalue weighted by atomic mass is 32.2. The first-order valence-electron chi connectivity index (χ1n) is 11.1. The average molecular weight is 443 g/mol. The minimum absolute atomic E-state index is 0.0301. The lowest BCUT2D eigenvalue weighted by atomic mass is 9.87. The number of carbonyl (C=O) groups excluding carboxylic acids is 2. The second-order valence-electron chi connectivity index (χ2n) is 8.49. The minimum Gasteiger partial charge on any atom is -0.345 e. The van der Waals surface area contributed by atoms with E-state index in [1.807, 2.05) is 41.3 Å². The van der Waals surface area contributed by atoms with E-state index < -0.39 is 0 Å². The van der Waals surface area contributed by atoms with Gasteiger partial charge in [0.25, 0.3) is 5.91 Å². The van der Waals surface area contributed by atoms with Crippen LogP contribution in [0.2, 0.25) is 0 Å². The van der Waals surface area contributed by atoms with Gasteiger partial charge in [-0.25, -0.2) is 0 Å². The number of amides is 2. The van der Waals surface area contributed by atoms with Crippen LogP contribution in [-0.4, -0.2) is 17.6 Å². The van der Waals surface area contributed by atoms with Crippen LogP contribution in [0.3, 0.4) is 0 Å². The summed E-state index contributed by atoms with van der Waals surface area (Å²) in [4.78, 5) is 28.9. The molecular formula is C27H26N2O2S. The number of fused-ring (bicyclic) bond motifs is 2. The maximum absolute atomic E-state index is 13.2. The van der Waals surface area contributed by atoms with Gasteiger partial charge in [-0.2, -0.15) is 0 Å². The van der Waals surface area contributed by atoms with Crippen molar-refractivity contribution >= 4 is 29.3 Å². The molecule has 0 radical (unpaired) electrons. The highest BCUT2D eigenvalue weighted by Gasteiger charge is 2.27. The van der Waals surface area contributed by atoms with Crippen LogP contribution in [0, 0.1) is 6.92 Å². The quantitative estimate of drug-likeness (QED) is 0.585. The zero-order valence-corrected chi connectivity index (χ0v) is 19.0. The van der Waals surface area contributed by atoms with Crippen LogP contribution < -0.4 is 10.2 Å². The van der Waals surface area contributed by atoms with Crippen molar-refractivity contribution in [2.24, 2.45) is 0 Å². The van der Waals surface area contributed by atoms with E-state index >= 15 is 0 Å². The molecule has 1 atom stereocenters. The summed E-state index contributed by atoms with van der Waals surface area (Å²) in [6, 6.07) is 22.2. The average Bonchev–Trinajstić information content (AvgIpc) is 2.82. The summed E-state index contributed by atoms with van der Waals surface area (Å²) in [5.74, 6) is 0.404. The maximum Gasteiger partial charge on any atom is 0.251 e. The van der Waals surface area contributed by atoms with Crippen molar-refractivity contribution in [3.63, 3.8) is 0 Å². The first-order chi connectivity index (χ1) is 15.6. The maximum atomic E-state index is 13.2. The molecule has 0 saturated carbocycles. The Balaban J connectivity index is 1.41. The van der Waals surface area contributed by atoms with Gasteiger partial charge in [-0.3, -0.25) is 9.59 Å². The number of nitrogens with zero attached hydrogens (tertiary/aromatic N) is 1. The molecule has 0 spiro atoms. The van der Waals surface area contributed by atoms with E-state index in [1.165, 1.54) is 22.9 Å². The van der Waals surface area contributed by atoms with Crippen LogP contribution in [0.5, 0.6) is 0 Å². The molecule has 1 N–H and O–H groups in total. The molecule has 1 aliphatic heterocycles. The number of anilines is 1. The molecule has 2 aliphatic rings. The van der Waals surface area contributed by atoms with Crippen LogP contribution in [0.25, 0.3) is 0 Å². The zero-order valence-electron chi connectivity index (χ0n) is 18.1. The normalized spacial score (nSPS) is 17.5. The minimum atomic E-state index is -0.0895. The lowest BCUT2D eigenvalue weighted by molar-refractivity contribution is -0.116. The molecular weight excluding hydrogens is 416 g/mol. The molecule has 5 rings (SSSR count). The molecule has 1 aliphatic carbocycles. The van der Waals surface area contributed by atoms with Gasteiger partial charge in [-0.05, 0) is 66.6 Å². The summed E-state index contributed by atoms with van der Waals surface area (Å²) in [7, 11) is 0. The Kier molecular flexibility index (Phi) is 5.75. The second-order valence-corrected chi connectivity index (χ2v) is 9.51. The number of rotatable bonds is 4. The van der Waals surface area contributed by atoms with E-state index in [-0.39, 0.29) is 17.9 Å². The number of aryl methyl sites for hydroxylation is 2. The molecule has 2 amide bonds. The van der Waals surface area contributed by atoms with E-state index in [9.17, 15) is 9.59 Å². The molecule has 5 heteroatoms. The number of hydrogen-bond acceptors (Lipinski definition) is 3.